The molecule has 0 atom stereocenters. The SMILES string of the molecule is COc1cc(NC(=O)c2csc3nc(-c4cccc(OC)c4)cn23)cc(OC)c1. The number of amides is 1. The smallest absolute Gasteiger partial charge is 0.273 e. The highest BCUT2D eigenvalue weighted by molar-refractivity contribution is 7.15. The fourth-order valence-corrected chi connectivity index (χ4v) is 3.80. The zero-order valence-corrected chi connectivity index (χ0v) is 16.9. The third-order valence-electron chi connectivity index (χ3n) is 4.42. The first-order valence-corrected chi connectivity index (χ1v) is 9.64. The van der Waals surface area contributed by atoms with Gasteiger partial charge in [-0.25, -0.2) is 4.98 Å². The Morgan fingerprint density at radius 3 is 2.41 bits per heavy atom. The lowest BCUT2D eigenvalue weighted by Gasteiger charge is -2.09. The van der Waals surface area contributed by atoms with Crippen molar-refractivity contribution in [1.29, 1.82) is 0 Å². The molecule has 148 valence electrons. The van der Waals surface area contributed by atoms with E-state index in [-0.39, 0.29) is 5.91 Å². The lowest BCUT2D eigenvalue weighted by molar-refractivity contribution is 0.102. The molecule has 2 heterocycles. The number of ether oxygens (including phenoxy) is 3. The quantitative estimate of drug-likeness (QED) is 0.513. The third-order valence-corrected chi connectivity index (χ3v) is 5.26. The molecule has 2 aromatic heterocycles. The van der Waals surface area contributed by atoms with Crippen LogP contribution in [0.2, 0.25) is 0 Å². The molecule has 0 spiro atoms. The highest BCUT2D eigenvalue weighted by Gasteiger charge is 2.16. The van der Waals surface area contributed by atoms with Crippen molar-refractivity contribution in [3.63, 3.8) is 0 Å². The predicted octanol–water partition coefficient (Wildman–Crippen LogP) is 4.34. The summed E-state index contributed by atoms with van der Waals surface area (Å²) in [5.41, 5.74) is 2.77. The normalized spacial score (nSPS) is 10.7. The average molecular weight is 409 g/mol. The zero-order chi connectivity index (χ0) is 20.4. The molecule has 0 aliphatic carbocycles. The molecule has 1 N–H and O–H groups in total. The maximum Gasteiger partial charge on any atom is 0.273 e. The van der Waals surface area contributed by atoms with Crippen LogP contribution < -0.4 is 19.5 Å². The molecule has 0 bridgehead atoms. The van der Waals surface area contributed by atoms with Gasteiger partial charge in [-0.2, -0.15) is 0 Å². The number of nitrogens with one attached hydrogen (secondary N) is 1. The molecule has 1 amide bonds. The molecule has 0 saturated carbocycles. The number of imidazole rings is 1. The Morgan fingerprint density at radius 1 is 1.00 bits per heavy atom. The summed E-state index contributed by atoms with van der Waals surface area (Å²) in [6.45, 7) is 0. The number of carbonyl (C=O) groups excluding carboxylic acids is 1. The third kappa shape index (κ3) is 3.74. The van der Waals surface area contributed by atoms with Crippen LogP contribution >= 0.6 is 11.3 Å². The summed E-state index contributed by atoms with van der Waals surface area (Å²) in [6, 6.07) is 12.9. The topological polar surface area (TPSA) is 74.1 Å². The van der Waals surface area contributed by atoms with Crippen LogP contribution in [0.4, 0.5) is 5.69 Å². The van der Waals surface area contributed by atoms with Crippen LogP contribution in [-0.2, 0) is 0 Å². The van der Waals surface area contributed by atoms with E-state index in [1.165, 1.54) is 11.3 Å². The summed E-state index contributed by atoms with van der Waals surface area (Å²) in [7, 11) is 4.75. The molecule has 0 aliphatic heterocycles. The lowest BCUT2D eigenvalue weighted by atomic mass is 10.1. The molecule has 4 aromatic rings. The zero-order valence-electron chi connectivity index (χ0n) is 16.1. The van der Waals surface area contributed by atoms with Gasteiger partial charge in [-0.1, -0.05) is 12.1 Å². The van der Waals surface area contributed by atoms with Crippen molar-refractivity contribution in [3.05, 3.63) is 59.7 Å². The Kier molecular flexibility index (Phi) is 5.09. The second-order valence-corrected chi connectivity index (χ2v) is 7.02. The average Bonchev–Trinajstić information content (AvgIpc) is 3.34. The van der Waals surface area contributed by atoms with E-state index >= 15 is 0 Å². The van der Waals surface area contributed by atoms with E-state index in [2.05, 4.69) is 10.3 Å². The number of fused-ring (bicyclic) bond motifs is 1. The number of hydrogen-bond acceptors (Lipinski definition) is 6. The second-order valence-electron chi connectivity index (χ2n) is 6.19. The van der Waals surface area contributed by atoms with Gasteiger partial charge in [0.05, 0.1) is 27.0 Å². The Bertz CT molecular complexity index is 1160. The van der Waals surface area contributed by atoms with Crippen molar-refractivity contribution in [3.8, 4) is 28.5 Å². The summed E-state index contributed by atoms with van der Waals surface area (Å²) in [4.78, 5) is 18.2. The number of hydrogen-bond donors (Lipinski definition) is 1. The summed E-state index contributed by atoms with van der Waals surface area (Å²) in [5, 5.41) is 4.67. The van der Waals surface area contributed by atoms with Gasteiger partial charge in [-0.05, 0) is 12.1 Å². The van der Waals surface area contributed by atoms with Crippen LogP contribution in [0.25, 0.3) is 16.2 Å². The molecule has 29 heavy (non-hydrogen) atoms. The standard InChI is InChI=1S/C21H19N3O4S/c1-26-15-6-4-5-13(7-15)18-11-24-19(12-29-21(24)23-18)20(25)22-14-8-16(27-2)10-17(9-14)28-3/h4-12H,1-3H3,(H,22,25). The molecule has 7 nitrogen and oxygen atoms in total. The van der Waals surface area contributed by atoms with Crippen LogP contribution in [0.15, 0.2) is 54.0 Å². The molecule has 0 radical (unpaired) electrons. The molecule has 0 saturated heterocycles. The summed E-state index contributed by atoms with van der Waals surface area (Å²) in [6.07, 6.45) is 1.85. The van der Waals surface area contributed by atoms with Gasteiger partial charge in [-0.15, -0.1) is 11.3 Å². The van der Waals surface area contributed by atoms with Crippen LogP contribution in [0.1, 0.15) is 10.5 Å². The van der Waals surface area contributed by atoms with E-state index in [0.29, 0.717) is 22.9 Å². The van der Waals surface area contributed by atoms with Gasteiger partial charge in [0.2, 0.25) is 0 Å². The van der Waals surface area contributed by atoms with E-state index in [4.69, 9.17) is 14.2 Å². The minimum atomic E-state index is -0.249. The Morgan fingerprint density at radius 2 is 1.72 bits per heavy atom. The lowest BCUT2D eigenvalue weighted by Crippen LogP contribution is -2.14. The molecule has 4 rings (SSSR count). The van der Waals surface area contributed by atoms with Crippen LogP contribution in [0.3, 0.4) is 0 Å². The molecular weight excluding hydrogens is 390 g/mol. The maximum atomic E-state index is 12.9. The molecule has 0 fully saturated rings. The van der Waals surface area contributed by atoms with Crippen molar-refractivity contribution >= 4 is 27.9 Å². The number of aromatic nitrogens is 2. The molecule has 8 heteroatoms. The first kappa shape index (κ1) is 18.8. The van der Waals surface area contributed by atoms with Crippen LogP contribution in [0.5, 0.6) is 17.2 Å². The Balaban J connectivity index is 1.64. The summed E-state index contributed by atoms with van der Waals surface area (Å²) < 4.78 is 17.6. The van der Waals surface area contributed by atoms with Gasteiger partial charge >= 0.3 is 0 Å². The minimum absolute atomic E-state index is 0.249. The predicted molar refractivity (Wildman–Crippen MR) is 113 cm³/mol. The van der Waals surface area contributed by atoms with Gasteiger partial charge < -0.3 is 19.5 Å². The summed E-state index contributed by atoms with van der Waals surface area (Å²) in [5.74, 6) is 1.70. The highest BCUT2D eigenvalue weighted by atomic mass is 32.1. The van der Waals surface area contributed by atoms with E-state index < -0.39 is 0 Å². The largest absolute Gasteiger partial charge is 0.497 e. The number of thiazole rings is 1. The van der Waals surface area contributed by atoms with E-state index in [1.807, 2.05) is 30.5 Å². The number of carbonyl (C=O) groups is 1. The second kappa shape index (κ2) is 7.84. The maximum absolute atomic E-state index is 12.9. The van der Waals surface area contributed by atoms with E-state index in [9.17, 15) is 4.79 Å². The first-order chi connectivity index (χ1) is 14.1. The first-order valence-electron chi connectivity index (χ1n) is 8.76. The van der Waals surface area contributed by atoms with Crippen LogP contribution in [-0.4, -0.2) is 36.6 Å². The van der Waals surface area contributed by atoms with E-state index in [1.54, 1.807) is 49.3 Å². The number of benzene rings is 2. The Hall–Kier alpha value is -3.52. The van der Waals surface area contributed by atoms with Gasteiger partial charge in [0.25, 0.3) is 5.91 Å². The monoisotopic (exact) mass is 409 g/mol. The van der Waals surface area contributed by atoms with Crippen molar-refractivity contribution in [2.45, 2.75) is 0 Å². The van der Waals surface area contributed by atoms with Gasteiger partial charge in [0, 0.05) is 41.0 Å². The van der Waals surface area contributed by atoms with Gasteiger partial charge in [-0.3, -0.25) is 9.20 Å². The number of methoxy groups -OCH3 is 3. The van der Waals surface area contributed by atoms with E-state index in [0.717, 1.165) is 22.0 Å². The van der Waals surface area contributed by atoms with Crippen molar-refractivity contribution < 1.29 is 19.0 Å². The summed E-state index contributed by atoms with van der Waals surface area (Å²) >= 11 is 1.40. The van der Waals surface area contributed by atoms with Crippen LogP contribution in [0, 0.1) is 0 Å². The van der Waals surface area contributed by atoms with Crippen molar-refractivity contribution in [1.82, 2.24) is 9.38 Å². The highest BCUT2D eigenvalue weighted by Crippen LogP contribution is 2.28. The molecule has 2 aromatic carbocycles. The van der Waals surface area contributed by atoms with Crippen molar-refractivity contribution in [2.24, 2.45) is 0 Å². The number of rotatable bonds is 6. The minimum Gasteiger partial charge on any atom is -0.497 e. The fraction of sp³-hybridized carbons (Fsp3) is 0.143. The number of nitrogens with zero attached hydrogens (tertiary/aromatic N) is 2. The molecule has 0 unspecified atom stereocenters. The molecular formula is C21H19N3O4S. The fourth-order valence-electron chi connectivity index (χ4n) is 2.94. The number of anilines is 1. The van der Waals surface area contributed by atoms with Gasteiger partial charge in [0.1, 0.15) is 22.9 Å². The van der Waals surface area contributed by atoms with Crippen molar-refractivity contribution in [2.75, 3.05) is 26.6 Å². The van der Waals surface area contributed by atoms with Gasteiger partial charge in [0.15, 0.2) is 4.96 Å². The molecule has 0 aliphatic rings. The Labute approximate surface area is 171 Å².